The van der Waals surface area contributed by atoms with Crippen LogP contribution in [0, 0.1) is 5.82 Å². The number of aliphatic carboxylic acids is 1. The van der Waals surface area contributed by atoms with Crippen molar-refractivity contribution in [1.29, 1.82) is 0 Å². The second kappa shape index (κ2) is 5.62. The second-order valence-corrected chi connectivity index (χ2v) is 4.35. The minimum absolute atomic E-state index is 0.110. The zero-order valence-electron chi connectivity index (χ0n) is 10.4. The molecule has 0 bridgehead atoms. The highest BCUT2D eigenvalue weighted by Gasteiger charge is 2.34. The summed E-state index contributed by atoms with van der Waals surface area (Å²) in [4.78, 5) is 23.0. The van der Waals surface area contributed by atoms with Gasteiger partial charge in [0.25, 0.3) is 5.91 Å². The van der Waals surface area contributed by atoms with E-state index >= 15 is 0 Å². The van der Waals surface area contributed by atoms with E-state index in [1.165, 1.54) is 25.1 Å². The van der Waals surface area contributed by atoms with Crippen LogP contribution in [-0.2, 0) is 4.79 Å². The van der Waals surface area contributed by atoms with Gasteiger partial charge in [0, 0.05) is 5.56 Å². The van der Waals surface area contributed by atoms with Gasteiger partial charge < -0.3 is 10.4 Å². The minimum Gasteiger partial charge on any atom is -0.480 e. The van der Waals surface area contributed by atoms with Crippen molar-refractivity contribution in [3.8, 4) is 0 Å². The maximum absolute atomic E-state index is 13.0. The molecule has 0 radical (unpaired) electrons. The molecule has 0 fully saturated rings. The lowest BCUT2D eigenvalue weighted by Crippen LogP contribution is -2.52. The molecule has 1 rings (SSSR count). The summed E-state index contributed by atoms with van der Waals surface area (Å²) in [6.45, 7) is 3.27. The largest absolute Gasteiger partial charge is 0.480 e. The Kier molecular flexibility index (Phi) is 4.42. The summed E-state index contributed by atoms with van der Waals surface area (Å²) in [6.07, 6.45) is 0.926. The molecular weight excluding hydrogens is 237 g/mol. The zero-order chi connectivity index (χ0) is 13.8. The number of hydrogen-bond acceptors (Lipinski definition) is 2. The molecule has 1 aromatic rings. The molecule has 2 N–H and O–H groups in total. The van der Waals surface area contributed by atoms with Crippen LogP contribution < -0.4 is 5.32 Å². The van der Waals surface area contributed by atoms with Crippen LogP contribution in [0.5, 0.6) is 0 Å². The normalized spacial score (nSPS) is 13.7. The lowest BCUT2D eigenvalue weighted by molar-refractivity contribution is -0.144. The molecule has 0 aromatic heterocycles. The second-order valence-electron chi connectivity index (χ2n) is 4.35. The summed E-state index contributed by atoms with van der Waals surface area (Å²) in [5, 5.41) is 11.6. The zero-order valence-corrected chi connectivity index (χ0v) is 10.4. The van der Waals surface area contributed by atoms with Gasteiger partial charge in [0.05, 0.1) is 0 Å². The third kappa shape index (κ3) is 3.29. The van der Waals surface area contributed by atoms with Crippen LogP contribution in [0.1, 0.15) is 37.0 Å². The first-order chi connectivity index (χ1) is 8.39. The molecule has 0 aliphatic carbocycles. The predicted octanol–water partition coefficient (Wildman–Crippen LogP) is 2.20. The van der Waals surface area contributed by atoms with Gasteiger partial charge in [-0.1, -0.05) is 19.4 Å². The van der Waals surface area contributed by atoms with Gasteiger partial charge in [-0.3, -0.25) is 4.79 Å². The minimum atomic E-state index is -1.34. The summed E-state index contributed by atoms with van der Waals surface area (Å²) in [7, 11) is 0. The molecule has 1 atom stereocenters. The van der Waals surface area contributed by atoms with E-state index < -0.39 is 23.2 Å². The molecule has 18 heavy (non-hydrogen) atoms. The number of carboxylic acid groups (broad SMARTS) is 1. The molecule has 1 aromatic carbocycles. The van der Waals surface area contributed by atoms with Gasteiger partial charge in [-0.05, 0) is 31.5 Å². The van der Waals surface area contributed by atoms with Crippen LogP contribution >= 0.6 is 0 Å². The van der Waals surface area contributed by atoms with Crippen LogP contribution in [0.4, 0.5) is 4.39 Å². The number of rotatable bonds is 5. The van der Waals surface area contributed by atoms with E-state index in [2.05, 4.69) is 5.32 Å². The highest BCUT2D eigenvalue weighted by atomic mass is 19.1. The maximum atomic E-state index is 13.0. The van der Waals surface area contributed by atoms with Crippen molar-refractivity contribution in [1.82, 2.24) is 5.32 Å². The Morgan fingerprint density at radius 2 is 2.11 bits per heavy atom. The lowest BCUT2D eigenvalue weighted by atomic mass is 9.96. The van der Waals surface area contributed by atoms with E-state index in [-0.39, 0.29) is 5.56 Å². The van der Waals surface area contributed by atoms with Crippen molar-refractivity contribution in [3.05, 3.63) is 35.6 Å². The van der Waals surface area contributed by atoms with Crippen LogP contribution in [0.3, 0.4) is 0 Å². The quantitative estimate of drug-likeness (QED) is 0.845. The molecule has 0 saturated carbocycles. The smallest absolute Gasteiger partial charge is 0.329 e. The highest BCUT2D eigenvalue weighted by Crippen LogP contribution is 2.14. The van der Waals surface area contributed by atoms with Crippen LogP contribution in [0.2, 0.25) is 0 Å². The number of carboxylic acids is 1. The molecule has 0 saturated heterocycles. The van der Waals surface area contributed by atoms with E-state index in [0.29, 0.717) is 12.8 Å². The van der Waals surface area contributed by atoms with Gasteiger partial charge >= 0.3 is 5.97 Å². The van der Waals surface area contributed by atoms with Crippen LogP contribution in [0.15, 0.2) is 24.3 Å². The Labute approximate surface area is 105 Å². The van der Waals surface area contributed by atoms with E-state index in [0.717, 1.165) is 6.07 Å². The summed E-state index contributed by atoms with van der Waals surface area (Å²) >= 11 is 0. The predicted molar refractivity (Wildman–Crippen MR) is 64.8 cm³/mol. The van der Waals surface area contributed by atoms with Crippen molar-refractivity contribution in [2.45, 2.75) is 32.2 Å². The summed E-state index contributed by atoms with van der Waals surface area (Å²) in [6, 6.07) is 5.14. The van der Waals surface area contributed by atoms with Gasteiger partial charge in [0.2, 0.25) is 0 Å². The summed E-state index contributed by atoms with van der Waals surface area (Å²) < 4.78 is 13.0. The molecule has 1 unspecified atom stereocenters. The van der Waals surface area contributed by atoms with Gasteiger partial charge in [-0.2, -0.15) is 0 Å². The Morgan fingerprint density at radius 1 is 1.44 bits per heavy atom. The topological polar surface area (TPSA) is 66.4 Å². The van der Waals surface area contributed by atoms with Gasteiger partial charge in [0.1, 0.15) is 11.4 Å². The van der Waals surface area contributed by atoms with Crippen molar-refractivity contribution in [3.63, 3.8) is 0 Å². The Bertz CT molecular complexity index is 461. The highest BCUT2D eigenvalue weighted by molar-refractivity contribution is 5.97. The van der Waals surface area contributed by atoms with Crippen LogP contribution in [0.25, 0.3) is 0 Å². The van der Waals surface area contributed by atoms with Gasteiger partial charge in [0.15, 0.2) is 0 Å². The number of carbonyl (C=O) groups is 2. The monoisotopic (exact) mass is 253 g/mol. The van der Waals surface area contributed by atoms with E-state index in [1.54, 1.807) is 0 Å². The Balaban J connectivity index is 2.88. The molecule has 98 valence electrons. The third-order valence-electron chi connectivity index (χ3n) is 2.70. The standard InChI is InChI=1S/C13H16FNO3/c1-3-7-13(2,12(17)18)15-11(16)9-5-4-6-10(14)8-9/h4-6,8H,3,7H2,1-2H3,(H,15,16)(H,17,18). The maximum Gasteiger partial charge on any atom is 0.329 e. The molecule has 5 heteroatoms. The summed E-state index contributed by atoms with van der Waals surface area (Å²) in [5.74, 6) is -2.22. The molecule has 0 aliphatic rings. The Hall–Kier alpha value is -1.91. The number of benzene rings is 1. The molecule has 0 aliphatic heterocycles. The number of nitrogens with one attached hydrogen (secondary N) is 1. The van der Waals surface area contributed by atoms with Gasteiger partial charge in [-0.25, -0.2) is 9.18 Å². The fourth-order valence-corrected chi connectivity index (χ4v) is 1.68. The molecule has 0 heterocycles. The fraction of sp³-hybridized carbons (Fsp3) is 0.385. The van der Waals surface area contributed by atoms with Crippen molar-refractivity contribution in [2.24, 2.45) is 0 Å². The third-order valence-corrected chi connectivity index (χ3v) is 2.70. The average Bonchev–Trinajstić information content (AvgIpc) is 2.29. The van der Waals surface area contributed by atoms with Crippen molar-refractivity contribution >= 4 is 11.9 Å². The Morgan fingerprint density at radius 3 is 2.61 bits per heavy atom. The fourth-order valence-electron chi connectivity index (χ4n) is 1.68. The van der Waals surface area contributed by atoms with E-state index in [9.17, 15) is 14.0 Å². The summed E-state index contributed by atoms with van der Waals surface area (Å²) in [5.41, 5.74) is -1.23. The number of halogens is 1. The molecule has 4 nitrogen and oxygen atoms in total. The van der Waals surface area contributed by atoms with E-state index in [1.807, 2.05) is 6.92 Å². The van der Waals surface area contributed by atoms with E-state index in [4.69, 9.17) is 5.11 Å². The van der Waals surface area contributed by atoms with Crippen molar-refractivity contribution in [2.75, 3.05) is 0 Å². The first kappa shape index (κ1) is 14.2. The van der Waals surface area contributed by atoms with Crippen molar-refractivity contribution < 1.29 is 19.1 Å². The number of hydrogen-bond donors (Lipinski definition) is 2. The molecular formula is C13H16FNO3. The number of carbonyl (C=O) groups excluding carboxylic acids is 1. The molecule has 1 amide bonds. The van der Waals surface area contributed by atoms with Crippen LogP contribution in [-0.4, -0.2) is 22.5 Å². The first-order valence-electron chi connectivity index (χ1n) is 5.70. The average molecular weight is 253 g/mol. The molecule has 0 spiro atoms. The lowest BCUT2D eigenvalue weighted by Gasteiger charge is -2.25. The number of amides is 1. The van der Waals surface area contributed by atoms with Gasteiger partial charge in [-0.15, -0.1) is 0 Å². The first-order valence-corrected chi connectivity index (χ1v) is 5.70. The SMILES string of the molecule is CCCC(C)(NC(=O)c1cccc(F)c1)C(=O)O.